The second-order valence-corrected chi connectivity index (χ2v) is 2.32. The summed E-state index contributed by atoms with van der Waals surface area (Å²) in [5.74, 6) is 0.723. The fraction of sp³-hybridized carbons (Fsp3) is 0.222. The van der Waals surface area contributed by atoms with E-state index in [1.807, 2.05) is 12.1 Å². The van der Waals surface area contributed by atoms with Gasteiger partial charge in [0.1, 0.15) is 5.76 Å². The Bertz CT molecular complexity index is 252. The fourth-order valence-electron chi connectivity index (χ4n) is 0.836. The van der Waals surface area contributed by atoms with Crippen molar-refractivity contribution in [3.63, 3.8) is 0 Å². The molecule has 0 aromatic carbocycles. The Labute approximate surface area is 71.1 Å². The summed E-state index contributed by atoms with van der Waals surface area (Å²) < 4.78 is 5.07. The Morgan fingerprint density at radius 1 is 1.75 bits per heavy atom. The first kappa shape index (κ1) is 8.59. The second kappa shape index (κ2) is 4.38. The van der Waals surface area contributed by atoms with E-state index in [9.17, 15) is 4.79 Å². The smallest absolute Gasteiger partial charge is 0.243 e. The highest BCUT2D eigenvalue weighted by molar-refractivity contribution is 5.86. The minimum atomic E-state index is -0.151. The van der Waals surface area contributed by atoms with Gasteiger partial charge in [-0.05, 0) is 18.2 Å². The Hall–Kier alpha value is -1.51. The first-order valence-corrected chi connectivity index (χ1v) is 3.75. The fourth-order valence-corrected chi connectivity index (χ4v) is 0.836. The van der Waals surface area contributed by atoms with Gasteiger partial charge in [0.15, 0.2) is 0 Å². The molecule has 0 saturated carbocycles. The molecule has 12 heavy (non-hydrogen) atoms. The third kappa shape index (κ3) is 2.62. The van der Waals surface area contributed by atoms with Gasteiger partial charge in [0.2, 0.25) is 5.91 Å². The zero-order valence-corrected chi connectivity index (χ0v) is 6.75. The van der Waals surface area contributed by atoms with Crippen molar-refractivity contribution < 1.29 is 9.21 Å². The van der Waals surface area contributed by atoms with Crippen LogP contribution < -0.4 is 5.32 Å². The summed E-state index contributed by atoms with van der Waals surface area (Å²) in [5, 5.41) is 2.65. The lowest BCUT2D eigenvalue weighted by atomic mass is 10.3. The van der Waals surface area contributed by atoms with E-state index in [0.29, 0.717) is 13.0 Å². The summed E-state index contributed by atoms with van der Waals surface area (Å²) in [6.45, 7) is 3.92. The molecule has 1 aromatic heterocycles. The van der Waals surface area contributed by atoms with E-state index in [-0.39, 0.29) is 5.91 Å². The van der Waals surface area contributed by atoms with Gasteiger partial charge in [0, 0.05) is 13.0 Å². The summed E-state index contributed by atoms with van der Waals surface area (Å²) in [6.07, 6.45) is 3.58. The monoisotopic (exact) mass is 165 g/mol. The molecule has 0 fully saturated rings. The molecule has 3 heteroatoms. The van der Waals surface area contributed by atoms with Crippen molar-refractivity contribution in [3.05, 3.63) is 36.8 Å². The highest BCUT2D eigenvalue weighted by Crippen LogP contribution is 1.99. The van der Waals surface area contributed by atoms with Gasteiger partial charge in [-0.25, -0.2) is 0 Å². The number of hydrogen-bond acceptors (Lipinski definition) is 2. The second-order valence-electron chi connectivity index (χ2n) is 2.32. The SMILES string of the molecule is C=CC(=O)NCCc1ccco1. The van der Waals surface area contributed by atoms with Crippen LogP contribution in [0.15, 0.2) is 35.5 Å². The average molecular weight is 165 g/mol. The lowest BCUT2D eigenvalue weighted by Gasteiger charge is -1.98. The van der Waals surface area contributed by atoms with Gasteiger partial charge < -0.3 is 9.73 Å². The highest BCUT2D eigenvalue weighted by atomic mass is 16.3. The van der Waals surface area contributed by atoms with Crippen molar-refractivity contribution in [2.24, 2.45) is 0 Å². The molecule has 0 aliphatic rings. The van der Waals surface area contributed by atoms with Gasteiger partial charge in [-0.15, -0.1) is 0 Å². The molecule has 0 spiro atoms. The summed E-state index contributed by atoms with van der Waals surface area (Å²) in [7, 11) is 0. The lowest BCUT2D eigenvalue weighted by Crippen LogP contribution is -2.23. The molecule has 64 valence electrons. The number of carbonyl (C=O) groups excluding carboxylic acids is 1. The summed E-state index contributed by atoms with van der Waals surface area (Å²) >= 11 is 0. The Morgan fingerprint density at radius 3 is 3.17 bits per heavy atom. The molecular weight excluding hydrogens is 154 g/mol. The van der Waals surface area contributed by atoms with Crippen LogP contribution in [0.2, 0.25) is 0 Å². The molecule has 0 saturated heterocycles. The van der Waals surface area contributed by atoms with Crippen molar-refractivity contribution in [1.29, 1.82) is 0 Å². The van der Waals surface area contributed by atoms with Crippen LogP contribution in [0.5, 0.6) is 0 Å². The van der Waals surface area contributed by atoms with Crippen LogP contribution in [-0.2, 0) is 11.2 Å². The van der Waals surface area contributed by atoms with Crippen LogP contribution in [0.25, 0.3) is 0 Å². The first-order chi connectivity index (χ1) is 5.83. The van der Waals surface area contributed by atoms with Crippen LogP contribution in [-0.4, -0.2) is 12.5 Å². The number of amides is 1. The molecule has 0 radical (unpaired) electrons. The minimum Gasteiger partial charge on any atom is -0.469 e. The molecular formula is C9H11NO2. The number of furan rings is 1. The van der Waals surface area contributed by atoms with Crippen molar-refractivity contribution in [1.82, 2.24) is 5.32 Å². The van der Waals surface area contributed by atoms with E-state index >= 15 is 0 Å². The van der Waals surface area contributed by atoms with Gasteiger partial charge in [-0.3, -0.25) is 4.79 Å². The van der Waals surface area contributed by atoms with E-state index in [2.05, 4.69) is 11.9 Å². The van der Waals surface area contributed by atoms with Gasteiger partial charge in [0.25, 0.3) is 0 Å². The molecule has 1 N–H and O–H groups in total. The predicted octanol–water partition coefficient (Wildman–Crippen LogP) is 1.12. The van der Waals surface area contributed by atoms with Gasteiger partial charge in [-0.1, -0.05) is 6.58 Å². The normalized spacial score (nSPS) is 9.33. The standard InChI is InChI=1S/C9H11NO2/c1-2-9(11)10-6-5-8-4-3-7-12-8/h2-4,7H,1,5-6H2,(H,10,11). The van der Waals surface area contributed by atoms with E-state index < -0.39 is 0 Å². The Kier molecular flexibility index (Phi) is 3.14. The summed E-state index contributed by atoms with van der Waals surface area (Å²) in [5.41, 5.74) is 0. The van der Waals surface area contributed by atoms with Crippen LogP contribution in [0, 0.1) is 0 Å². The van der Waals surface area contributed by atoms with Crippen LogP contribution in [0.3, 0.4) is 0 Å². The zero-order chi connectivity index (χ0) is 8.81. The minimum absolute atomic E-state index is 0.151. The van der Waals surface area contributed by atoms with Crippen molar-refractivity contribution in [2.45, 2.75) is 6.42 Å². The Balaban J connectivity index is 2.19. The first-order valence-electron chi connectivity index (χ1n) is 3.75. The quantitative estimate of drug-likeness (QED) is 0.679. The summed E-state index contributed by atoms with van der Waals surface area (Å²) in [6, 6.07) is 3.70. The third-order valence-corrected chi connectivity index (χ3v) is 1.44. The van der Waals surface area contributed by atoms with Crippen LogP contribution in [0.4, 0.5) is 0 Å². The molecule has 0 aliphatic carbocycles. The van der Waals surface area contributed by atoms with E-state index in [1.165, 1.54) is 6.08 Å². The van der Waals surface area contributed by atoms with E-state index in [1.54, 1.807) is 6.26 Å². The summed E-state index contributed by atoms with van der Waals surface area (Å²) in [4.78, 5) is 10.7. The zero-order valence-electron chi connectivity index (χ0n) is 6.75. The van der Waals surface area contributed by atoms with Crippen LogP contribution >= 0.6 is 0 Å². The predicted molar refractivity (Wildman–Crippen MR) is 45.6 cm³/mol. The molecule has 1 rings (SSSR count). The van der Waals surface area contributed by atoms with Gasteiger partial charge in [-0.2, -0.15) is 0 Å². The number of rotatable bonds is 4. The highest BCUT2D eigenvalue weighted by Gasteiger charge is 1.96. The molecule has 0 bridgehead atoms. The molecule has 3 nitrogen and oxygen atoms in total. The third-order valence-electron chi connectivity index (χ3n) is 1.44. The maximum atomic E-state index is 10.7. The topological polar surface area (TPSA) is 42.2 Å². The van der Waals surface area contributed by atoms with Gasteiger partial charge >= 0.3 is 0 Å². The number of nitrogens with one attached hydrogen (secondary N) is 1. The number of hydrogen-bond donors (Lipinski definition) is 1. The van der Waals surface area contributed by atoms with Crippen molar-refractivity contribution >= 4 is 5.91 Å². The maximum absolute atomic E-state index is 10.7. The molecule has 0 atom stereocenters. The van der Waals surface area contributed by atoms with E-state index in [4.69, 9.17) is 4.42 Å². The van der Waals surface area contributed by atoms with E-state index in [0.717, 1.165) is 5.76 Å². The van der Waals surface area contributed by atoms with Gasteiger partial charge in [0.05, 0.1) is 6.26 Å². The molecule has 1 amide bonds. The largest absolute Gasteiger partial charge is 0.469 e. The number of carbonyl (C=O) groups is 1. The van der Waals surface area contributed by atoms with Crippen molar-refractivity contribution in [3.8, 4) is 0 Å². The molecule has 0 aliphatic heterocycles. The van der Waals surface area contributed by atoms with Crippen LogP contribution in [0.1, 0.15) is 5.76 Å². The lowest BCUT2D eigenvalue weighted by molar-refractivity contribution is -0.116. The average Bonchev–Trinajstić information content (AvgIpc) is 2.57. The molecule has 1 aromatic rings. The van der Waals surface area contributed by atoms with Crippen molar-refractivity contribution in [2.75, 3.05) is 6.54 Å². The maximum Gasteiger partial charge on any atom is 0.243 e. The molecule has 0 unspecified atom stereocenters. The Morgan fingerprint density at radius 2 is 2.58 bits per heavy atom. The molecule has 1 heterocycles.